The molecule has 0 aromatic rings. The van der Waals surface area contributed by atoms with Gasteiger partial charge in [0.1, 0.15) is 30.5 Å². The minimum Gasteiger partial charge on any atom is -0.457 e. The van der Waals surface area contributed by atoms with Crippen molar-refractivity contribution in [3.8, 4) is 0 Å². The van der Waals surface area contributed by atoms with Crippen LogP contribution in [0.15, 0.2) is 36.5 Å². The Balaban J connectivity index is 2.24. The van der Waals surface area contributed by atoms with Crippen molar-refractivity contribution in [1.29, 1.82) is 0 Å². The van der Waals surface area contributed by atoms with Crippen molar-refractivity contribution in [3.05, 3.63) is 36.5 Å². The fourth-order valence-corrected chi connectivity index (χ4v) is 7.09. The van der Waals surface area contributed by atoms with Gasteiger partial charge in [-0.05, 0) is 51.4 Å². The van der Waals surface area contributed by atoms with E-state index < -0.39 is 43.4 Å². The molecule has 1 aliphatic rings. The van der Waals surface area contributed by atoms with Crippen molar-refractivity contribution >= 4 is 5.97 Å². The van der Waals surface area contributed by atoms with Crippen LogP contribution in [0.25, 0.3) is 0 Å². The number of carbonyl (C=O) groups excluding carboxylic acids is 1. The number of aliphatic hydroxyl groups is 4. The number of unbranched alkanes of at least 4 members (excludes halogenated alkanes) is 23. The molecule has 1 rings (SSSR count). The molecule has 0 bridgehead atoms. The Bertz CT molecular complexity index is 968. The number of aliphatic hydroxyl groups excluding tert-OH is 4. The molecule has 1 aliphatic heterocycles. The maximum absolute atomic E-state index is 12.8. The Labute approximate surface area is 349 Å². The second-order valence-electron chi connectivity index (χ2n) is 16.2. The first-order valence-corrected chi connectivity index (χ1v) is 23.6. The average molecular weight is 809 g/mol. The lowest BCUT2D eigenvalue weighted by Crippen LogP contribution is -2.59. The highest BCUT2D eigenvalue weighted by molar-refractivity contribution is 5.69. The fraction of sp³-hybridized carbons (Fsp3) is 0.854. The number of hydrogen-bond acceptors (Lipinski definition) is 9. The largest absolute Gasteiger partial charge is 0.457 e. The molecule has 9 nitrogen and oxygen atoms in total. The third kappa shape index (κ3) is 31.0. The highest BCUT2D eigenvalue weighted by Crippen LogP contribution is 2.23. The van der Waals surface area contributed by atoms with Crippen LogP contribution < -0.4 is 0 Å². The summed E-state index contributed by atoms with van der Waals surface area (Å²) in [6, 6.07) is 0. The molecule has 0 saturated carbocycles. The number of allylic oxidation sites excluding steroid dienone is 6. The normalized spacial score (nSPS) is 20.7. The van der Waals surface area contributed by atoms with E-state index in [1.54, 1.807) is 0 Å². The Morgan fingerprint density at radius 1 is 0.561 bits per heavy atom. The van der Waals surface area contributed by atoms with Crippen molar-refractivity contribution in [2.75, 3.05) is 26.4 Å². The maximum atomic E-state index is 12.8. The molecule has 1 heterocycles. The van der Waals surface area contributed by atoms with Crippen LogP contribution in [0.5, 0.6) is 0 Å². The van der Waals surface area contributed by atoms with Crippen LogP contribution in [0.1, 0.15) is 200 Å². The number of esters is 1. The monoisotopic (exact) mass is 809 g/mol. The van der Waals surface area contributed by atoms with Crippen LogP contribution in [-0.4, -0.2) is 89.6 Å². The molecule has 334 valence electrons. The number of ether oxygens (including phenoxy) is 4. The predicted molar refractivity (Wildman–Crippen MR) is 233 cm³/mol. The lowest BCUT2D eigenvalue weighted by molar-refractivity contribution is -0.305. The zero-order valence-electron chi connectivity index (χ0n) is 36.6. The van der Waals surface area contributed by atoms with Crippen LogP contribution in [0.2, 0.25) is 0 Å². The molecule has 6 unspecified atom stereocenters. The summed E-state index contributed by atoms with van der Waals surface area (Å²) in [4.78, 5) is 12.8. The molecule has 0 aliphatic carbocycles. The SMILES string of the molecule is CCCCC/C=C\C/C=C\C/C=C\CCCCCCCCCOCC(COC1OC(CO)C(O)C(O)C1O)OC(=O)CCCCCCCCCCCCCCCC. The van der Waals surface area contributed by atoms with Crippen LogP contribution in [0, 0.1) is 0 Å². The van der Waals surface area contributed by atoms with Gasteiger partial charge in [-0.15, -0.1) is 0 Å². The van der Waals surface area contributed by atoms with Crippen LogP contribution in [0.3, 0.4) is 0 Å². The van der Waals surface area contributed by atoms with Crippen LogP contribution in [0.4, 0.5) is 0 Å². The first-order valence-electron chi connectivity index (χ1n) is 23.6. The van der Waals surface area contributed by atoms with Gasteiger partial charge in [-0.2, -0.15) is 0 Å². The van der Waals surface area contributed by atoms with Gasteiger partial charge in [0.2, 0.25) is 0 Å². The fourth-order valence-electron chi connectivity index (χ4n) is 7.09. The summed E-state index contributed by atoms with van der Waals surface area (Å²) in [5.74, 6) is -0.316. The molecule has 57 heavy (non-hydrogen) atoms. The molecule has 1 saturated heterocycles. The second kappa shape index (κ2) is 39.8. The van der Waals surface area contributed by atoms with E-state index in [-0.39, 0.29) is 19.2 Å². The summed E-state index contributed by atoms with van der Waals surface area (Å²) in [5.41, 5.74) is 0. The third-order valence-electron chi connectivity index (χ3n) is 10.8. The summed E-state index contributed by atoms with van der Waals surface area (Å²) >= 11 is 0. The molecule has 0 spiro atoms. The third-order valence-corrected chi connectivity index (χ3v) is 10.8. The number of hydrogen-bond donors (Lipinski definition) is 4. The standard InChI is InChI=1S/C48H88O9/c1-3-5-7-9-11-13-15-17-19-20-21-22-23-24-26-28-30-32-34-36-38-54-40-42(41-55-48-47(53)46(52)45(51)43(39-49)57-48)56-44(50)37-35-33-31-29-27-25-18-16-14-12-10-8-6-4-2/h11,13,17,19,21-22,42-43,45-49,51-53H,3-10,12,14-16,18,20,23-41H2,1-2H3/b13-11-,19-17-,22-21-. The summed E-state index contributed by atoms with van der Waals surface area (Å²) < 4.78 is 22.8. The quantitative estimate of drug-likeness (QED) is 0.0271. The van der Waals surface area contributed by atoms with Gasteiger partial charge in [-0.25, -0.2) is 0 Å². The molecular formula is C48H88O9. The second-order valence-corrected chi connectivity index (χ2v) is 16.2. The average Bonchev–Trinajstić information content (AvgIpc) is 3.21. The highest BCUT2D eigenvalue weighted by Gasteiger charge is 2.44. The molecule has 6 atom stereocenters. The Kier molecular flexibility index (Phi) is 37.4. The summed E-state index contributed by atoms with van der Waals surface area (Å²) in [6.07, 6.45) is 40.2. The lowest BCUT2D eigenvalue weighted by atomic mass is 9.99. The maximum Gasteiger partial charge on any atom is 0.306 e. The van der Waals surface area contributed by atoms with E-state index in [9.17, 15) is 25.2 Å². The molecule has 4 N–H and O–H groups in total. The Hall–Kier alpha value is -1.59. The summed E-state index contributed by atoms with van der Waals surface area (Å²) in [6.45, 7) is 4.52. The van der Waals surface area contributed by atoms with Gasteiger partial charge in [-0.3, -0.25) is 4.79 Å². The van der Waals surface area contributed by atoms with E-state index in [0.717, 1.165) is 57.8 Å². The summed E-state index contributed by atoms with van der Waals surface area (Å²) in [5, 5.41) is 40.1. The van der Waals surface area contributed by atoms with Crippen molar-refractivity contribution < 1.29 is 44.2 Å². The van der Waals surface area contributed by atoms with Gasteiger partial charge in [-0.1, -0.05) is 179 Å². The molecule has 0 aromatic heterocycles. The van der Waals surface area contributed by atoms with E-state index in [1.807, 2.05) is 0 Å². The smallest absolute Gasteiger partial charge is 0.306 e. The van der Waals surface area contributed by atoms with Crippen molar-refractivity contribution in [3.63, 3.8) is 0 Å². The Morgan fingerprint density at radius 2 is 1.02 bits per heavy atom. The van der Waals surface area contributed by atoms with E-state index in [2.05, 4.69) is 50.3 Å². The topological polar surface area (TPSA) is 135 Å². The predicted octanol–water partition coefficient (Wildman–Crippen LogP) is 10.8. The van der Waals surface area contributed by atoms with Gasteiger partial charge in [0.05, 0.1) is 19.8 Å². The van der Waals surface area contributed by atoms with Crippen molar-refractivity contribution in [2.45, 2.75) is 237 Å². The molecule has 9 heteroatoms. The van der Waals surface area contributed by atoms with Gasteiger partial charge in [0, 0.05) is 13.0 Å². The van der Waals surface area contributed by atoms with Crippen molar-refractivity contribution in [2.24, 2.45) is 0 Å². The van der Waals surface area contributed by atoms with Crippen molar-refractivity contribution in [1.82, 2.24) is 0 Å². The van der Waals surface area contributed by atoms with E-state index in [1.165, 1.54) is 122 Å². The zero-order chi connectivity index (χ0) is 41.4. The lowest BCUT2D eigenvalue weighted by Gasteiger charge is -2.39. The number of carbonyl (C=O) groups is 1. The van der Waals surface area contributed by atoms with E-state index in [0.29, 0.717) is 13.0 Å². The first kappa shape index (κ1) is 53.4. The van der Waals surface area contributed by atoms with E-state index >= 15 is 0 Å². The zero-order valence-corrected chi connectivity index (χ0v) is 36.6. The molecule has 0 aromatic carbocycles. The minimum absolute atomic E-state index is 0.115. The Morgan fingerprint density at radius 3 is 1.56 bits per heavy atom. The van der Waals surface area contributed by atoms with Gasteiger partial charge >= 0.3 is 5.97 Å². The first-order chi connectivity index (χ1) is 27.9. The molecule has 0 radical (unpaired) electrons. The van der Waals surface area contributed by atoms with Gasteiger partial charge in [0.15, 0.2) is 6.29 Å². The number of rotatable bonds is 40. The van der Waals surface area contributed by atoms with Gasteiger partial charge < -0.3 is 39.4 Å². The summed E-state index contributed by atoms with van der Waals surface area (Å²) in [7, 11) is 0. The molecular weight excluding hydrogens is 721 g/mol. The van der Waals surface area contributed by atoms with Crippen LogP contribution >= 0.6 is 0 Å². The van der Waals surface area contributed by atoms with Gasteiger partial charge in [0.25, 0.3) is 0 Å². The minimum atomic E-state index is -1.54. The molecule has 0 amide bonds. The van der Waals surface area contributed by atoms with Crippen LogP contribution in [-0.2, 0) is 23.7 Å². The van der Waals surface area contributed by atoms with E-state index in [4.69, 9.17) is 18.9 Å². The highest BCUT2D eigenvalue weighted by atomic mass is 16.7. The molecule has 1 fully saturated rings.